The molecule has 1 aromatic carbocycles. The number of benzene rings is 1. The molecule has 5 nitrogen and oxygen atoms in total. The van der Waals surface area contributed by atoms with Gasteiger partial charge in [0, 0.05) is 38.4 Å². The standard InChI is InChI=1S/C20H29N3O2/c1-2-23-15-19(25-20(7-8-20)18(23)24)9-12-22(13-10-19)11-6-16-4-3-5-17(21)14-16/h3-5,14H,2,6-13,15,21H2,1H3. The Balaban J connectivity index is 1.34. The number of rotatable bonds is 4. The number of amides is 1. The molecule has 2 aliphatic heterocycles. The molecule has 1 aromatic rings. The first-order chi connectivity index (χ1) is 12.0. The minimum Gasteiger partial charge on any atom is -0.399 e. The number of ether oxygens (including phenoxy) is 1. The molecule has 0 aromatic heterocycles. The summed E-state index contributed by atoms with van der Waals surface area (Å²) in [6.45, 7) is 6.79. The van der Waals surface area contributed by atoms with Crippen molar-refractivity contribution in [3.8, 4) is 0 Å². The van der Waals surface area contributed by atoms with E-state index < -0.39 is 5.60 Å². The van der Waals surface area contributed by atoms with Gasteiger partial charge in [-0.15, -0.1) is 0 Å². The average molecular weight is 343 g/mol. The van der Waals surface area contributed by atoms with Crippen LogP contribution in [0.15, 0.2) is 24.3 Å². The maximum atomic E-state index is 12.5. The SMILES string of the molecule is CCN1CC2(CCN(CCc3cccc(N)c3)CC2)OC2(CC2)C1=O. The zero-order valence-corrected chi connectivity index (χ0v) is 15.2. The highest BCUT2D eigenvalue weighted by Crippen LogP contribution is 2.49. The van der Waals surface area contributed by atoms with Gasteiger partial charge in [-0.1, -0.05) is 12.1 Å². The predicted octanol–water partition coefficient (Wildman–Crippen LogP) is 2.06. The summed E-state index contributed by atoms with van der Waals surface area (Å²) in [5.74, 6) is 0.227. The Morgan fingerprint density at radius 2 is 1.96 bits per heavy atom. The highest BCUT2D eigenvalue weighted by molar-refractivity contribution is 5.89. The summed E-state index contributed by atoms with van der Waals surface area (Å²) >= 11 is 0. The molecule has 3 aliphatic rings. The third-order valence-electron chi connectivity index (χ3n) is 6.09. The molecule has 0 bridgehead atoms. The number of nitrogens with two attached hydrogens (primary N) is 1. The van der Waals surface area contributed by atoms with Crippen molar-refractivity contribution in [2.75, 3.05) is 38.5 Å². The van der Waals surface area contributed by atoms with Gasteiger partial charge in [-0.3, -0.25) is 4.79 Å². The van der Waals surface area contributed by atoms with Gasteiger partial charge in [-0.25, -0.2) is 0 Å². The first-order valence-corrected chi connectivity index (χ1v) is 9.61. The first-order valence-electron chi connectivity index (χ1n) is 9.61. The van der Waals surface area contributed by atoms with E-state index in [0.717, 1.165) is 70.5 Å². The molecular weight excluding hydrogens is 314 g/mol. The van der Waals surface area contributed by atoms with Crippen LogP contribution in [0, 0.1) is 0 Å². The van der Waals surface area contributed by atoms with Gasteiger partial charge < -0.3 is 20.3 Å². The van der Waals surface area contributed by atoms with Crippen LogP contribution >= 0.6 is 0 Å². The van der Waals surface area contributed by atoms with Gasteiger partial charge in [0.25, 0.3) is 5.91 Å². The van der Waals surface area contributed by atoms with Crippen LogP contribution < -0.4 is 5.73 Å². The Morgan fingerprint density at radius 1 is 1.20 bits per heavy atom. The third kappa shape index (κ3) is 3.27. The number of carbonyl (C=O) groups is 1. The molecule has 2 heterocycles. The zero-order chi connectivity index (χ0) is 17.5. The Bertz CT molecular complexity index is 648. The van der Waals surface area contributed by atoms with Crippen molar-refractivity contribution in [2.24, 2.45) is 0 Å². The second kappa shape index (κ2) is 6.29. The molecule has 25 heavy (non-hydrogen) atoms. The van der Waals surface area contributed by atoms with Gasteiger partial charge in [0.05, 0.1) is 5.60 Å². The Labute approximate surface area is 150 Å². The van der Waals surface area contributed by atoms with Gasteiger partial charge in [0.2, 0.25) is 0 Å². The van der Waals surface area contributed by atoms with Crippen molar-refractivity contribution in [1.29, 1.82) is 0 Å². The van der Waals surface area contributed by atoms with Crippen molar-refractivity contribution < 1.29 is 9.53 Å². The molecule has 0 atom stereocenters. The summed E-state index contributed by atoms with van der Waals surface area (Å²) in [6.07, 6.45) is 4.89. The van der Waals surface area contributed by atoms with Crippen molar-refractivity contribution in [3.63, 3.8) is 0 Å². The monoisotopic (exact) mass is 343 g/mol. The lowest BCUT2D eigenvalue weighted by Gasteiger charge is -2.50. The minimum atomic E-state index is -0.460. The molecular formula is C20H29N3O2. The highest BCUT2D eigenvalue weighted by Gasteiger charge is 2.61. The van der Waals surface area contributed by atoms with Gasteiger partial charge >= 0.3 is 0 Å². The van der Waals surface area contributed by atoms with Crippen LogP contribution in [0.1, 0.15) is 38.2 Å². The number of carbonyl (C=O) groups excluding carboxylic acids is 1. The molecule has 4 rings (SSSR count). The summed E-state index contributed by atoms with van der Waals surface area (Å²) in [5.41, 5.74) is 7.43. The normalized spacial score (nSPS) is 24.8. The van der Waals surface area contributed by atoms with E-state index in [1.165, 1.54) is 5.56 Å². The third-order valence-corrected chi connectivity index (χ3v) is 6.09. The number of piperidine rings is 1. The minimum absolute atomic E-state index is 0.117. The van der Waals surface area contributed by atoms with Gasteiger partial charge in [-0.05, 0) is 56.7 Å². The molecule has 2 spiro atoms. The van der Waals surface area contributed by atoms with Crippen LogP contribution in [0.4, 0.5) is 5.69 Å². The van der Waals surface area contributed by atoms with E-state index in [-0.39, 0.29) is 11.5 Å². The number of morpholine rings is 1. The summed E-state index contributed by atoms with van der Waals surface area (Å²) in [6, 6.07) is 8.17. The fourth-order valence-corrected chi connectivity index (χ4v) is 4.36. The molecule has 1 amide bonds. The largest absolute Gasteiger partial charge is 0.399 e. The van der Waals surface area contributed by atoms with E-state index >= 15 is 0 Å². The summed E-state index contributed by atoms with van der Waals surface area (Å²) in [5, 5.41) is 0. The molecule has 136 valence electrons. The van der Waals surface area contributed by atoms with Crippen LogP contribution in [0.3, 0.4) is 0 Å². The van der Waals surface area contributed by atoms with Crippen molar-refractivity contribution in [1.82, 2.24) is 9.80 Å². The molecule has 5 heteroatoms. The molecule has 2 saturated heterocycles. The lowest BCUT2D eigenvalue weighted by molar-refractivity contribution is -0.200. The molecule has 1 saturated carbocycles. The van der Waals surface area contributed by atoms with E-state index in [0.29, 0.717) is 0 Å². The second-order valence-electron chi connectivity index (χ2n) is 7.94. The predicted molar refractivity (Wildman–Crippen MR) is 98.3 cm³/mol. The molecule has 2 N–H and O–H groups in total. The first kappa shape index (κ1) is 16.9. The van der Waals surface area contributed by atoms with E-state index in [9.17, 15) is 4.79 Å². The van der Waals surface area contributed by atoms with Gasteiger partial charge in [0.15, 0.2) is 0 Å². The number of likely N-dealkylation sites (tertiary alicyclic amines) is 1. The van der Waals surface area contributed by atoms with Crippen LogP contribution in [0.5, 0.6) is 0 Å². The van der Waals surface area contributed by atoms with Crippen LogP contribution in [0.2, 0.25) is 0 Å². The highest BCUT2D eigenvalue weighted by atomic mass is 16.5. The van der Waals surface area contributed by atoms with E-state index in [4.69, 9.17) is 10.5 Å². The summed E-state index contributed by atoms with van der Waals surface area (Å²) in [4.78, 5) is 17.0. The second-order valence-corrected chi connectivity index (χ2v) is 7.94. The maximum Gasteiger partial charge on any atom is 0.254 e. The number of nitrogen functional groups attached to an aromatic ring is 1. The fraction of sp³-hybridized carbons (Fsp3) is 0.650. The van der Waals surface area contributed by atoms with Crippen molar-refractivity contribution in [2.45, 2.75) is 50.2 Å². The summed E-state index contributed by atoms with van der Waals surface area (Å²) < 4.78 is 6.45. The van der Waals surface area contributed by atoms with Crippen LogP contribution in [-0.2, 0) is 16.0 Å². The van der Waals surface area contributed by atoms with E-state index in [2.05, 4.69) is 24.0 Å². The smallest absolute Gasteiger partial charge is 0.254 e. The van der Waals surface area contributed by atoms with Crippen LogP contribution in [-0.4, -0.2) is 59.6 Å². The Hall–Kier alpha value is -1.59. The van der Waals surface area contributed by atoms with E-state index in [1.54, 1.807) is 0 Å². The van der Waals surface area contributed by atoms with E-state index in [1.807, 2.05) is 17.0 Å². The quantitative estimate of drug-likeness (QED) is 0.850. The number of anilines is 1. The Morgan fingerprint density at radius 3 is 2.60 bits per heavy atom. The topological polar surface area (TPSA) is 58.8 Å². The Kier molecular flexibility index (Phi) is 4.24. The zero-order valence-electron chi connectivity index (χ0n) is 15.2. The van der Waals surface area contributed by atoms with Crippen molar-refractivity contribution in [3.05, 3.63) is 29.8 Å². The lowest BCUT2D eigenvalue weighted by Crippen LogP contribution is -2.62. The number of likely N-dealkylation sites (N-methyl/N-ethyl adjacent to an activating group) is 1. The maximum absolute atomic E-state index is 12.5. The average Bonchev–Trinajstić information content (AvgIpc) is 3.38. The van der Waals surface area contributed by atoms with Gasteiger partial charge in [0.1, 0.15) is 5.60 Å². The van der Waals surface area contributed by atoms with Crippen molar-refractivity contribution >= 4 is 11.6 Å². The van der Waals surface area contributed by atoms with Gasteiger partial charge in [-0.2, -0.15) is 0 Å². The molecule has 1 aliphatic carbocycles. The van der Waals surface area contributed by atoms with Crippen LogP contribution in [0.25, 0.3) is 0 Å². The number of nitrogens with zero attached hydrogens (tertiary/aromatic N) is 2. The number of hydrogen-bond donors (Lipinski definition) is 1. The molecule has 0 radical (unpaired) electrons. The fourth-order valence-electron chi connectivity index (χ4n) is 4.36. The molecule has 0 unspecified atom stereocenters. The molecule has 3 fully saturated rings. The number of hydrogen-bond acceptors (Lipinski definition) is 4. The lowest BCUT2D eigenvalue weighted by atomic mass is 9.87. The summed E-state index contributed by atoms with van der Waals surface area (Å²) in [7, 11) is 0.